The van der Waals surface area contributed by atoms with Crippen LogP contribution in [0.15, 0.2) is 0 Å². The Bertz CT molecular complexity index is 704. The van der Waals surface area contributed by atoms with Gasteiger partial charge in [0.2, 0.25) is 0 Å². The second-order valence-corrected chi connectivity index (χ2v) is 8.06. The van der Waals surface area contributed by atoms with E-state index < -0.39 is 69.2 Å². The largest absolute Gasteiger partial charge is 0.827 e. The molecule has 6 nitrogen and oxygen atoms in total. The Hall–Kier alpha value is -2.18. The molecule has 0 fully saturated rings. The van der Waals surface area contributed by atoms with Crippen molar-refractivity contribution in [3.63, 3.8) is 0 Å². The summed E-state index contributed by atoms with van der Waals surface area (Å²) in [6.45, 7) is -0.768. The van der Waals surface area contributed by atoms with Crippen molar-refractivity contribution in [1.82, 2.24) is 0 Å². The molecule has 0 spiro atoms. The van der Waals surface area contributed by atoms with Gasteiger partial charge < -0.3 is 8.85 Å². The van der Waals surface area contributed by atoms with Crippen LogP contribution in [0.1, 0.15) is 13.8 Å². The molecule has 0 aromatic carbocycles. The van der Waals surface area contributed by atoms with Gasteiger partial charge in [-0.05, 0) is 0 Å². The van der Waals surface area contributed by atoms with Gasteiger partial charge in [0.1, 0.15) is 0 Å². The van der Waals surface area contributed by atoms with E-state index in [0.29, 0.717) is 0 Å². The fraction of sp³-hybridized carbons (Fsp3) is 0.833. The minimum atomic E-state index is -8.87. The van der Waals surface area contributed by atoms with Crippen LogP contribution in [0.3, 0.4) is 0 Å². The van der Waals surface area contributed by atoms with Gasteiger partial charge in [-0.25, -0.2) is 0 Å². The van der Waals surface area contributed by atoms with Gasteiger partial charge in [-0.1, -0.05) is 0 Å². The highest BCUT2D eigenvalue weighted by Crippen LogP contribution is 2.59. The second kappa shape index (κ2) is 9.53. The van der Waals surface area contributed by atoms with Crippen molar-refractivity contribution < 1.29 is 106 Å². The molecule has 0 aliphatic rings. The SMILES string of the molecule is CC(=O)O[Si](OC(C)=O)(OC(C(F)(F)F)(C(F)(F)F)C(F)(F)F)OC(C(F)(F)F)(C(F)(F)F)C(F)(F)F. The van der Waals surface area contributed by atoms with Crippen LogP contribution in [-0.2, 0) is 27.3 Å². The molecule has 0 radical (unpaired) electrons. The molecule has 0 aliphatic carbocycles. The number of carbonyl (C=O) groups is 2. The number of hydrogen-bond acceptors (Lipinski definition) is 6. The average Bonchev–Trinajstić information content (AvgIpc) is 2.49. The summed E-state index contributed by atoms with van der Waals surface area (Å²) in [7, 11) is -8.87. The van der Waals surface area contributed by atoms with Crippen LogP contribution in [0.2, 0.25) is 0 Å². The van der Waals surface area contributed by atoms with E-state index in [1.807, 2.05) is 0 Å². The molecule has 220 valence electrons. The third-order valence-electron chi connectivity index (χ3n) is 3.49. The molecule has 0 saturated heterocycles. The van der Waals surface area contributed by atoms with Gasteiger partial charge in [0, 0.05) is 13.8 Å². The van der Waals surface area contributed by atoms with Crippen LogP contribution < -0.4 is 0 Å². The molecule has 0 aromatic heterocycles. The Kier molecular flexibility index (Phi) is 8.97. The number of carbonyl (C=O) groups excluding carboxylic acids is 2. The molecule has 0 saturated carbocycles. The van der Waals surface area contributed by atoms with Crippen LogP contribution in [0.5, 0.6) is 0 Å². The first kappa shape index (κ1) is 34.8. The molecule has 0 unspecified atom stereocenters. The van der Waals surface area contributed by atoms with Gasteiger partial charge >= 0.3 is 57.3 Å². The van der Waals surface area contributed by atoms with E-state index in [1.54, 1.807) is 0 Å². The lowest BCUT2D eigenvalue weighted by Gasteiger charge is -2.45. The van der Waals surface area contributed by atoms with Crippen LogP contribution in [-0.4, -0.2) is 69.2 Å². The zero-order valence-electron chi connectivity index (χ0n) is 16.8. The maximum absolute atomic E-state index is 13.2. The summed E-state index contributed by atoms with van der Waals surface area (Å²) < 4.78 is 248. The molecule has 0 rings (SSSR count). The Morgan fingerprint density at radius 3 is 0.703 bits per heavy atom. The Balaban J connectivity index is 8.08. The molecule has 0 heterocycles. The molecule has 25 heteroatoms. The Labute approximate surface area is 190 Å². The van der Waals surface area contributed by atoms with E-state index >= 15 is 0 Å². The van der Waals surface area contributed by atoms with E-state index in [9.17, 15) is 88.6 Å². The zero-order valence-corrected chi connectivity index (χ0v) is 17.8. The molecule has 0 aromatic rings. The molecular weight excluding hydrogens is 610 g/mol. The van der Waals surface area contributed by atoms with Crippen LogP contribution in [0, 0.1) is 0 Å². The molecule has 0 amide bonds. The highest BCUT2D eigenvalue weighted by molar-refractivity contribution is 6.57. The number of rotatable bonds is 6. The minimum Gasteiger partial charge on any atom is -0.442 e. The maximum Gasteiger partial charge on any atom is 0.827 e. The molecule has 0 N–H and O–H groups in total. The fourth-order valence-corrected chi connectivity index (χ4v) is 4.56. The van der Waals surface area contributed by atoms with Gasteiger partial charge in [-0.2, -0.15) is 79.0 Å². The normalized spacial score (nSPS) is 15.5. The predicted molar refractivity (Wildman–Crippen MR) is 73.2 cm³/mol. The van der Waals surface area contributed by atoms with Crippen LogP contribution >= 0.6 is 0 Å². The number of hydrogen-bond donors (Lipinski definition) is 0. The van der Waals surface area contributed by atoms with Crippen molar-refractivity contribution in [3.05, 3.63) is 0 Å². The van der Waals surface area contributed by atoms with E-state index in [1.165, 1.54) is 0 Å². The van der Waals surface area contributed by atoms with Gasteiger partial charge in [0.25, 0.3) is 11.9 Å². The number of alkyl halides is 18. The van der Waals surface area contributed by atoms with E-state index in [4.69, 9.17) is 0 Å². The summed E-state index contributed by atoms with van der Waals surface area (Å²) in [5, 5.41) is 0. The summed E-state index contributed by atoms with van der Waals surface area (Å²) in [6.07, 6.45) is -48.4. The van der Waals surface area contributed by atoms with Gasteiger partial charge in [0.05, 0.1) is 0 Å². The third-order valence-corrected chi connectivity index (χ3v) is 5.68. The highest BCUT2D eigenvalue weighted by Gasteiger charge is 2.93. The second-order valence-electron chi connectivity index (χ2n) is 6.24. The smallest absolute Gasteiger partial charge is 0.442 e. The van der Waals surface area contributed by atoms with Crippen molar-refractivity contribution >= 4 is 21.0 Å². The van der Waals surface area contributed by atoms with Crippen molar-refractivity contribution in [1.29, 1.82) is 0 Å². The summed E-state index contributed by atoms with van der Waals surface area (Å²) in [5.74, 6) is -5.65. The topological polar surface area (TPSA) is 71.1 Å². The first-order valence-corrected chi connectivity index (χ1v) is 9.58. The average molecular weight is 616 g/mol. The first-order chi connectivity index (χ1) is 15.7. The minimum absolute atomic E-state index is 0.384. The summed E-state index contributed by atoms with van der Waals surface area (Å²) in [6, 6.07) is 0. The lowest BCUT2D eigenvalue weighted by molar-refractivity contribution is -0.466. The summed E-state index contributed by atoms with van der Waals surface area (Å²) in [4.78, 5) is 22.2. The zero-order chi connectivity index (χ0) is 30.5. The van der Waals surface area contributed by atoms with E-state index in [2.05, 4.69) is 17.7 Å². The molecular formula is C12H6F18O6Si. The van der Waals surface area contributed by atoms with Gasteiger partial charge in [-0.3, -0.25) is 18.4 Å². The molecule has 0 bridgehead atoms. The van der Waals surface area contributed by atoms with Crippen molar-refractivity contribution in [2.24, 2.45) is 0 Å². The molecule has 0 aliphatic heterocycles. The lowest BCUT2D eigenvalue weighted by Crippen LogP contribution is -2.77. The van der Waals surface area contributed by atoms with Crippen molar-refractivity contribution in [2.75, 3.05) is 0 Å². The predicted octanol–water partition coefficient (Wildman–Crippen LogP) is 5.43. The van der Waals surface area contributed by atoms with Gasteiger partial charge in [0.15, 0.2) is 0 Å². The monoisotopic (exact) mass is 616 g/mol. The molecule has 0 atom stereocenters. The third kappa shape index (κ3) is 6.28. The van der Waals surface area contributed by atoms with Crippen LogP contribution in [0.25, 0.3) is 0 Å². The molecule has 37 heavy (non-hydrogen) atoms. The highest BCUT2D eigenvalue weighted by atomic mass is 28.4. The van der Waals surface area contributed by atoms with Gasteiger partial charge in [-0.15, -0.1) is 0 Å². The first-order valence-electron chi connectivity index (χ1n) is 7.94. The Morgan fingerprint density at radius 2 is 0.595 bits per heavy atom. The van der Waals surface area contributed by atoms with Crippen molar-refractivity contribution in [3.8, 4) is 0 Å². The van der Waals surface area contributed by atoms with E-state index in [-0.39, 0.29) is 13.8 Å². The van der Waals surface area contributed by atoms with Crippen molar-refractivity contribution in [2.45, 2.75) is 62.1 Å². The van der Waals surface area contributed by atoms with E-state index in [0.717, 1.165) is 0 Å². The quantitative estimate of drug-likeness (QED) is 0.293. The fourth-order valence-electron chi connectivity index (χ4n) is 2.16. The number of halogens is 18. The maximum atomic E-state index is 13.2. The van der Waals surface area contributed by atoms with Crippen LogP contribution in [0.4, 0.5) is 79.0 Å². The standard InChI is InChI=1S/C12H6F18O6Si/c1-3(31)33-37(34-4(2)32,35-5(7(13,14)15,8(16,17)18)9(19,20)21)36-6(10(22,23)24,11(25,26)27)12(28,29)30/h1-2H3. The lowest BCUT2D eigenvalue weighted by atomic mass is 10.0. The summed E-state index contributed by atoms with van der Waals surface area (Å²) >= 11 is 0. The Morgan fingerprint density at radius 1 is 0.432 bits per heavy atom. The summed E-state index contributed by atoms with van der Waals surface area (Å²) in [5.41, 5.74) is -16.1.